The number of pyridine rings is 1. The van der Waals surface area contributed by atoms with Crippen molar-refractivity contribution in [1.29, 1.82) is 0 Å². The molecule has 1 aromatic carbocycles. The molecule has 32 heavy (non-hydrogen) atoms. The third-order valence-electron chi connectivity index (χ3n) is 6.76. The average molecular weight is 432 g/mol. The first-order chi connectivity index (χ1) is 15.5. The van der Waals surface area contributed by atoms with Gasteiger partial charge in [0.2, 0.25) is 0 Å². The van der Waals surface area contributed by atoms with Gasteiger partial charge in [-0.25, -0.2) is 19.3 Å². The number of halogens is 1. The van der Waals surface area contributed by atoms with Crippen LogP contribution in [0.15, 0.2) is 54.9 Å². The van der Waals surface area contributed by atoms with Crippen LogP contribution in [0.25, 0.3) is 11.4 Å². The predicted molar refractivity (Wildman–Crippen MR) is 118 cm³/mol. The van der Waals surface area contributed by atoms with Crippen LogP contribution in [0, 0.1) is 24.6 Å². The minimum absolute atomic E-state index is 0.0862. The van der Waals surface area contributed by atoms with E-state index >= 15 is 0 Å². The summed E-state index contributed by atoms with van der Waals surface area (Å²) in [5, 5.41) is 0. The molecule has 1 aliphatic carbocycles. The molecule has 6 rings (SSSR count). The molecule has 0 unspecified atom stereocenters. The Labute approximate surface area is 186 Å². The van der Waals surface area contributed by atoms with E-state index in [-0.39, 0.29) is 23.8 Å². The van der Waals surface area contributed by atoms with Crippen LogP contribution >= 0.6 is 0 Å². The van der Waals surface area contributed by atoms with E-state index in [2.05, 4.69) is 21.9 Å². The number of hydrogen-bond donors (Lipinski definition) is 0. The zero-order valence-corrected chi connectivity index (χ0v) is 18.1. The highest BCUT2D eigenvalue weighted by molar-refractivity contribution is 5.98. The van der Waals surface area contributed by atoms with Gasteiger partial charge in [-0.05, 0) is 74.1 Å². The molecule has 0 spiro atoms. The van der Waals surface area contributed by atoms with Gasteiger partial charge >= 0.3 is 0 Å². The van der Waals surface area contributed by atoms with Crippen molar-refractivity contribution in [3.05, 3.63) is 72.1 Å². The lowest BCUT2D eigenvalue weighted by Crippen LogP contribution is -2.64. The zero-order chi connectivity index (χ0) is 22.2. The second-order valence-electron chi connectivity index (χ2n) is 8.71. The molecule has 7 heteroatoms. The third kappa shape index (κ3) is 3.72. The average Bonchev–Trinajstić information content (AvgIpc) is 2.78. The van der Waals surface area contributed by atoms with Crippen LogP contribution in [0.3, 0.4) is 0 Å². The molecule has 0 radical (unpaired) electrons. The molecule has 3 aliphatic rings. The fourth-order valence-corrected chi connectivity index (χ4v) is 4.85. The molecule has 3 aromatic rings. The maximum Gasteiger partial charge on any atom is 0.273 e. The van der Waals surface area contributed by atoms with Crippen LogP contribution in [0.5, 0.6) is 5.75 Å². The topological polar surface area (TPSA) is 68.2 Å². The van der Waals surface area contributed by atoms with Crippen molar-refractivity contribution in [2.75, 3.05) is 6.61 Å². The van der Waals surface area contributed by atoms with E-state index in [0.29, 0.717) is 41.3 Å². The summed E-state index contributed by atoms with van der Waals surface area (Å²) in [4.78, 5) is 29.1. The van der Waals surface area contributed by atoms with Crippen LogP contribution in [0.1, 0.15) is 35.9 Å². The van der Waals surface area contributed by atoms with Crippen molar-refractivity contribution in [3.8, 4) is 17.1 Å². The van der Waals surface area contributed by atoms with E-state index in [1.165, 1.54) is 12.1 Å². The number of aryl methyl sites for hydroxylation is 1. The third-order valence-corrected chi connectivity index (χ3v) is 6.76. The smallest absolute Gasteiger partial charge is 0.273 e. The Kier molecular flexibility index (Phi) is 5.33. The summed E-state index contributed by atoms with van der Waals surface area (Å²) in [6.45, 7) is 4.41. The molecular weight excluding hydrogens is 407 g/mol. The molecule has 2 aromatic heterocycles. The Bertz CT molecular complexity index is 1120. The summed E-state index contributed by atoms with van der Waals surface area (Å²) in [6, 6.07) is 11.6. The van der Waals surface area contributed by atoms with Gasteiger partial charge in [-0.2, -0.15) is 0 Å². The molecule has 3 fully saturated rings. The first-order valence-corrected chi connectivity index (χ1v) is 11.0. The Morgan fingerprint density at radius 2 is 1.84 bits per heavy atom. The second kappa shape index (κ2) is 8.30. The highest BCUT2D eigenvalue weighted by Gasteiger charge is 2.51. The van der Waals surface area contributed by atoms with Gasteiger partial charge < -0.3 is 9.64 Å². The lowest BCUT2D eigenvalue weighted by atomic mass is 9.64. The summed E-state index contributed by atoms with van der Waals surface area (Å²) in [5.41, 5.74) is 1.78. The van der Waals surface area contributed by atoms with Crippen molar-refractivity contribution in [3.63, 3.8) is 0 Å². The largest absolute Gasteiger partial charge is 0.491 e. The predicted octanol–water partition coefficient (Wildman–Crippen LogP) is 4.30. The Morgan fingerprint density at radius 1 is 1.12 bits per heavy atom. The molecule has 164 valence electrons. The lowest BCUT2D eigenvalue weighted by Gasteiger charge is -2.57. The molecule has 2 bridgehead atoms. The van der Waals surface area contributed by atoms with Gasteiger partial charge in [0.15, 0.2) is 5.82 Å². The highest BCUT2D eigenvalue weighted by atomic mass is 19.1. The number of benzene rings is 1. The van der Waals surface area contributed by atoms with Crippen molar-refractivity contribution >= 4 is 5.91 Å². The molecule has 2 aliphatic heterocycles. The number of carbonyl (C=O) groups excluding carboxylic acids is 1. The van der Waals surface area contributed by atoms with Gasteiger partial charge in [0.05, 0.1) is 11.6 Å². The molecule has 1 amide bonds. The molecule has 1 saturated carbocycles. The monoisotopic (exact) mass is 432 g/mol. The molecule has 0 N–H and O–H groups in total. The normalized spacial score (nSPS) is 24.0. The van der Waals surface area contributed by atoms with Crippen LogP contribution in [0.4, 0.5) is 4.39 Å². The van der Waals surface area contributed by atoms with E-state index in [0.717, 1.165) is 18.5 Å². The van der Waals surface area contributed by atoms with Crippen molar-refractivity contribution in [2.24, 2.45) is 11.8 Å². The van der Waals surface area contributed by atoms with Crippen LogP contribution < -0.4 is 4.74 Å². The van der Waals surface area contributed by atoms with Crippen LogP contribution in [-0.4, -0.2) is 44.4 Å². The van der Waals surface area contributed by atoms with Gasteiger partial charge in [0.25, 0.3) is 5.91 Å². The standard InChI is InChI=1S/C25H25FN4O2/c1-15-4-9-21(24-27-10-3-11-28-24)23(29-15)25(31)30-19-12-17(13-19)16(2)22(30)14-32-20-7-5-18(26)6-8-20/h3-11,16-17,19,22H,12-14H2,1-2H3/t16-,17?,19?,22-/m0/s1. The minimum atomic E-state index is -0.303. The number of carbonyl (C=O) groups is 1. The van der Waals surface area contributed by atoms with E-state index in [9.17, 15) is 9.18 Å². The second-order valence-corrected chi connectivity index (χ2v) is 8.71. The number of rotatable bonds is 5. The summed E-state index contributed by atoms with van der Waals surface area (Å²) in [7, 11) is 0. The molecule has 2 atom stereocenters. The summed E-state index contributed by atoms with van der Waals surface area (Å²) >= 11 is 0. The van der Waals surface area contributed by atoms with E-state index in [1.807, 2.05) is 24.0 Å². The maximum absolute atomic E-state index is 13.9. The Morgan fingerprint density at radius 3 is 2.56 bits per heavy atom. The quantitative estimate of drug-likeness (QED) is 0.601. The van der Waals surface area contributed by atoms with Crippen LogP contribution in [-0.2, 0) is 0 Å². The number of amides is 1. The first-order valence-electron chi connectivity index (χ1n) is 11.0. The number of hydrogen-bond acceptors (Lipinski definition) is 5. The number of ether oxygens (including phenoxy) is 1. The van der Waals surface area contributed by atoms with Gasteiger partial charge in [-0.1, -0.05) is 6.92 Å². The van der Waals surface area contributed by atoms with E-state index in [4.69, 9.17) is 4.74 Å². The SMILES string of the molecule is Cc1ccc(-c2ncccn2)c(C(=O)N2C3CC(C3)[C@H](C)[C@@H]2COc2ccc(F)cc2)n1. The Hall–Kier alpha value is -3.35. The molecule has 6 nitrogen and oxygen atoms in total. The summed E-state index contributed by atoms with van der Waals surface area (Å²) in [6.07, 6.45) is 5.33. The molecular formula is C25H25FN4O2. The molecule has 2 saturated heterocycles. The number of nitrogens with zero attached hydrogens (tertiary/aromatic N) is 4. The minimum Gasteiger partial charge on any atom is -0.491 e. The van der Waals surface area contributed by atoms with Crippen molar-refractivity contribution < 1.29 is 13.9 Å². The fourth-order valence-electron chi connectivity index (χ4n) is 4.85. The van der Waals surface area contributed by atoms with Gasteiger partial charge in [-0.15, -0.1) is 0 Å². The highest BCUT2D eigenvalue weighted by Crippen LogP contribution is 2.47. The number of piperidine rings is 2. The van der Waals surface area contributed by atoms with E-state index < -0.39 is 0 Å². The summed E-state index contributed by atoms with van der Waals surface area (Å²) in [5.74, 6) is 1.55. The lowest BCUT2D eigenvalue weighted by molar-refractivity contribution is -0.0672. The van der Waals surface area contributed by atoms with Crippen LogP contribution in [0.2, 0.25) is 0 Å². The van der Waals surface area contributed by atoms with Crippen molar-refractivity contribution in [1.82, 2.24) is 19.9 Å². The van der Waals surface area contributed by atoms with E-state index in [1.54, 1.807) is 30.6 Å². The maximum atomic E-state index is 13.9. The van der Waals surface area contributed by atoms with Gasteiger partial charge in [0, 0.05) is 24.1 Å². The number of fused-ring (bicyclic) bond motifs is 2. The zero-order valence-electron chi connectivity index (χ0n) is 18.1. The Balaban J connectivity index is 1.46. The van der Waals surface area contributed by atoms with Gasteiger partial charge in [-0.3, -0.25) is 4.79 Å². The van der Waals surface area contributed by atoms with Gasteiger partial charge in [0.1, 0.15) is 23.9 Å². The summed E-state index contributed by atoms with van der Waals surface area (Å²) < 4.78 is 19.2. The molecule has 4 heterocycles. The van der Waals surface area contributed by atoms with Crippen molar-refractivity contribution in [2.45, 2.75) is 38.8 Å². The fraction of sp³-hybridized carbons (Fsp3) is 0.360. The number of aromatic nitrogens is 3. The first kappa shape index (κ1) is 20.5.